The fraction of sp³-hybridized carbons (Fsp3) is 0.455. The fourth-order valence-corrected chi connectivity index (χ4v) is 1.51. The number of phenols is 1. The highest BCUT2D eigenvalue weighted by Crippen LogP contribution is 2.45. The van der Waals surface area contributed by atoms with E-state index in [1.165, 1.54) is 13.8 Å². The highest BCUT2D eigenvalue weighted by Gasteiger charge is 2.42. The molecule has 0 bridgehead atoms. The summed E-state index contributed by atoms with van der Waals surface area (Å²) in [5.74, 6) is -6.22. The van der Waals surface area contributed by atoms with Gasteiger partial charge < -0.3 is 9.84 Å². The van der Waals surface area contributed by atoms with Crippen molar-refractivity contribution in [2.24, 2.45) is 0 Å². The summed E-state index contributed by atoms with van der Waals surface area (Å²) in [5, 5.41) is 9.35. The molecule has 0 amide bonds. The first-order chi connectivity index (χ1) is 8.84. The molecule has 2 nitrogen and oxygen atoms in total. The zero-order valence-corrected chi connectivity index (χ0v) is 10.2. The van der Waals surface area contributed by atoms with Gasteiger partial charge in [-0.1, -0.05) is 13.8 Å². The Bertz CT molecular complexity index is 503. The Morgan fingerprint density at radius 1 is 1.10 bits per heavy atom. The summed E-state index contributed by atoms with van der Waals surface area (Å²) in [4.78, 5) is 0. The second kappa shape index (κ2) is 5.02. The second-order valence-electron chi connectivity index (χ2n) is 4.21. The molecule has 1 aromatic carbocycles. The van der Waals surface area contributed by atoms with Crippen LogP contribution in [0.5, 0.6) is 11.5 Å². The first kappa shape index (κ1) is 16.4. The van der Waals surface area contributed by atoms with E-state index >= 15 is 0 Å². The van der Waals surface area contributed by atoms with Crippen molar-refractivity contribution in [1.29, 1.82) is 0 Å². The van der Waals surface area contributed by atoms with Crippen molar-refractivity contribution in [3.05, 3.63) is 23.0 Å². The highest BCUT2D eigenvalue weighted by molar-refractivity contribution is 5.50. The molecule has 0 aliphatic carbocycles. The van der Waals surface area contributed by atoms with Gasteiger partial charge in [0.1, 0.15) is 5.56 Å². The Morgan fingerprint density at radius 3 is 1.95 bits per heavy atom. The van der Waals surface area contributed by atoms with Crippen molar-refractivity contribution in [3.8, 4) is 11.5 Å². The number of aromatic hydroxyl groups is 1. The summed E-state index contributed by atoms with van der Waals surface area (Å²) in [6.07, 6.45) is -10.8. The number of rotatable bonds is 2. The number of ether oxygens (including phenoxy) is 1. The van der Waals surface area contributed by atoms with Gasteiger partial charge in [0.15, 0.2) is 11.5 Å². The summed E-state index contributed by atoms with van der Waals surface area (Å²) in [6.45, 7) is 2.69. The Morgan fingerprint density at radius 2 is 1.60 bits per heavy atom. The minimum Gasteiger partial charge on any atom is -0.505 e. The zero-order chi connectivity index (χ0) is 15.9. The first-order valence-corrected chi connectivity index (χ1v) is 5.23. The van der Waals surface area contributed by atoms with Crippen LogP contribution in [0, 0.1) is 5.82 Å². The van der Waals surface area contributed by atoms with Gasteiger partial charge in [-0.25, -0.2) is 0 Å². The number of hydrogen-bond acceptors (Lipinski definition) is 2. The lowest BCUT2D eigenvalue weighted by Gasteiger charge is -2.19. The molecule has 0 saturated carbocycles. The lowest BCUT2D eigenvalue weighted by atomic mass is 9.98. The van der Waals surface area contributed by atoms with Crippen LogP contribution >= 0.6 is 0 Å². The molecule has 0 spiro atoms. The van der Waals surface area contributed by atoms with Gasteiger partial charge in [-0.05, 0) is 12.0 Å². The molecule has 114 valence electrons. The van der Waals surface area contributed by atoms with Crippen LogP contribution < -0.4 is 4.74 Å². The van der Waals surface area contributed by atoms with Gasteiger partial charge in [0.2, 0.25) is 5.82 Å². The molecule has 1 rings (SSSR count). The van der Waals surface area contributed by atoms with Gasteiger partial charge in [-0.2, -0.15) is 17.6 Å². The minimum absolute atomic E-state index is 0.240. The normalized spacial score (nSPS) is 12.9. The zero-order valence-electron chi connectivity index (χ0n) is 10.2. The Hall–Kier alpha value is -1.67. The monoisotopic (exact) mass is 306 g/mol. The van der Waals surface area contributed by atoms with Crippen LogP contribution in [0.3, 0.4) is 0 Å². The predicted octanol–water partition coefficient (Wildman–Crippen LogP) is 4.57. The van der Waals surface area contributed by atoms with Crippen LogP contribution in [-0.4, -0.2) is 11.5 Å². The van der Waals surface area contributed by atoms with E-state index in [-0.39, 0.29) is 6.07 Å². The third-order valence-corrected chi connectivity index (χ3v) is 2.37. The Balaban J connectivity index is 3.60. The van der Waals surface area contributed by atoms with Crippen LogP contribution in [-0.2, 0) is 6.18 Å². The van der Waals surface area contributed by atoms with Crippen molar-refractivity contribution in [3.63, 3.8) is 0 Å². The lowest BCUT2D eigenvalue weighted by Crippen LogP contribution is -2.21. The molecule has 0 unspecified atom stereocenters. The van der Waals surface area contributed by atoms with E-state index < -0.39 is 46.9 Å². The van der Waals surface area contributed by atoms with Gasteiger partial charge in [0.25, 0.3) is 0 Å². The van der Waals surface area contributed by atoms with E-state index in [1.54, 1.807) is 0 Å². The van der Waals surface area contributed by atoms with E-state index in [1.807, 2.05) is 0 Å². The first-order valence-electron chi connectivity index (χ1n) is 5.23. The van der Waals surface area contributed by atoms with E-state index in [2.05, 4.69) is 4.74 Å². The third kappa shape index (κ3) is 3.45. The van der Waals surface area contributed by atoms with Crippen molar-refractivity contribution in [2.45, 2.75) is 32.3 Å². The molecule has 0 heterocycles. The minimum atomic E-state index is -5.52. The third-order valence-electron chi connectivity index (χ3n) is 2.37. The molecule has 0 aliphatic rings. The second-order valence-corrected chi connectivity index (χ2v) is 4.21. The number of hydrogen-bond donors (Lipinski definition) is 1. The van der Waals surface area contributed by atoms with Crippen molar-refractivity contribution >= 4 is 0 Å². The van der Waals surface area contributed by atoms with Gasteiger partial charge >= 0.3 is 12.5 Å². The average molecular weight is 306 g/mol. The highest BCUT2D eigenvalue weighted by atomic mass is 19.4. The summed E-state index contributed by atoms with van der Waals surface area (Å²) in [7, 11) is 0. The van der Waals surface area contributed by atoms with Crippen molar-refractivity contribution in [1.82, 2.24) is 0 Å². The van der Waals surface area contributed by atoms with Crippen molar-refractivity contribution in [2.75, 3.05) is 0 Å². The molecular weight excluding hydrogens is 297 g/mol. The van der Waals surface area contributed by atoms with Crippen molar-refractivity contribution < 1.29 is 40.6 Å². The fourth-order valence-electron chi connectivity index (χ4n) is 1.51. The number of benzene rings is 1. The maximum absolute atomic E-state index is 13.6. The lowest BCUT2D eigenvalue weighted by molar-refractivity contribution is -0.277. The van der Waals surface area contributed by atoms with Gasteiger partial charge in [0.05, 0.1) is 0 Å². The van der Waals surface area contributed by atoms with Crippen LogP contribution in [0.2, 0.25) is 0 Å². The van der Waals surface area contributed by atoms with Gasteiger partial charge in [0, 0.05) is 5.56 Å². The number of alkyl halides is 6. The number of halogens is 7. The topological polar surface area (TPSA) is 29.5 Å². The van der Waals surface area contributed by atoms with E-state index in [0.717, 1.165) is 0 Å². The molecule has 0 fully saturated rings. The van der Waals surface area contributed by atoms with E-state index in [9.17, 15) is 35.8 Å². The Labute approximate surface area is 108 Å². The van der Waals surface area contributed by atoms with Crippen LogP contribution in [0.25, 0.3) is 0 Å². The van der Waals surface area contributed by atoms with Crippen LogP contribution in [0.1, 0.15) is 30.9 Å². The maximum Gasteiger partial charge on any atom is 0.573 e. The molecule has 0 saturated heterocycles. The average Bonchev–Trinajstić information content (AvgIpc) is 2.20. The summed E-state index contributed by atoms with van der Waals surface area (Å²) >= 11 is 0. The van der Waals surface area contributed by atoms with Gasteiger partial charge in [-0.15, -0.1) is 13.2 Å². The number of phenolic OH excluding ortho intramolecular Hbond substituents is 1. The molecule has 0 atom stereocenters. The summed E-state index contributed by atoms with van der Waals surface area (Å²) in [6, 6.07) is 0.240. The van der Waals surface area contributed by atoms with Gasteiger partial charge in [-0.3, -0.25) is 0 Å². The standard InChI is InChI=1S/C11H9F7O2/c1-4(2)5-3-6(10(13,14)15)9(7(12)8(5)19)20-11(16,17)18/h3-4,19H,1-2H3. The van der Waals surface area contributed by atoms with E-state index in [0.29, 0.717) is 0 Å². The SMILES string of the molecule is CC(C)c1cc(C(F)(F)F)c(OC(F)(F)F)c(F)c1O. The molecule has 9 heteroatoms. The molecule has 0 radical (unpaired) electrons. The summed E-state index contributed by atoms with van der Waals surface area (Å²) in [5.41, 5.74) is -2.40. The molecule has 1 aromatic rings. The Kier molecular flexibility index (Phi) is 4.12. The summed E-state index contributed by atoms with van der Waals surface area (Å²) < 4.78 is 90.8. The van der Waals surface area contributed by atoms with Crippen LogP contribution in [0.4, 0.5) is 30.7 Å². The molecule has 20 heavy (non-hydrogen) atoms. The molecule has 0 aromatic heterocycles. The van der Waals surface area contributed by atoms with Crippen LogP contribution in [0.15, 0.2) is 6.07 Å². The molecule has 1 N–H and O–H groups in total. The smallest absolute Gasteiger partial charge is 0.505 e. The van der Waals surface area contributed by atoms with E-state index in [4.69, 9.17) is 0 Å². The predicted molar refractivity (Wildman–Crippen MR) is 53.8 cm³/mol. The maximum atomic E-state index is 13.6. The quantitative estimate of drug-likeness (QED) is 0.811. The molecule has 0 aliphatic heterocycles. The largest absolute Gasteiger partial charge is 0.573 e. The molecular formula is C11H9F7O2.